The number of nitrogens with zero attached hydrogens (tertiary/aromatic N) is 3. The molecular weight excluding hydrogens is 462 g/mol. The molecule has 0 bridgehead atoms. The number of thiazole rings is 1. The summed E-state index contributed by atoms with van der Waals surface area (Å²) in [5.74, 6) is 0.896. The van der Waals surface area contributed by atoms with Gasteiger partial charge in [0.25, 0.3) is 5.91 Å². The van der Waals surface area contributed by atoms with E-state index in [0.717, 1.165) is 23.1 Å². The van der Waals surface area contributed by atoms with E-state index in [9.17, 15) is 13.2 Å². The first-order valence-electron chi connectivity index (χ1n) is 10.7. The Bertz CT molecular complexity index is 1400. The molecule has 0 N–H and O–H groups in total. The third kappa shape index (κ3) is 4.09. The minimum atomic E-state index is -3.53. The fraction of sp³-hybridized carbons (Fsp3) is 0.304. The summed E-state index contributed by atoms with van der Waals surface area (Å²) in [6.07, 6.45) is 3.48. The number of hydrogen-bond acceptors (Lipinski definition) is 6. The third-order valence-electron chi connectivity index (χ3n) is 5.66. The standard InChI is InChI=1S/C23H23N3O5S2/c1-2-9-26-18-14-19-20(31-13-12-30-19)15-21(18)32-23(26)24-22(27)16-5-7-17(8-6-16)33(28,29)25-10-3-4-11-25/h2,5-8,14-15H,1,3-4,9-13H2. The Kier molecular flexibility index (Phi) is 5.81. The van der Waals surface area contributed by atoms with Gasteiger partial charge >= 0.3 is 0 Å². The van der Waals surface area contributed by atoms with E-state index in [1.807, 2.05) is 16.7 Å². The molecule has 33 heavy (non-hydrogen) atoms. The van der Waals surface area contributed by atoms with E-state index >= 15 is 0 Å². The average molecular weight is 486 g/mol. The molecule has 0 atom stereocenters. The Morgan fingerprint density at radius 2 is 1.76 bits per heavy atom. The molecule has 0 radical (unpaired) electrons. The fourth-order valence-corrected chi connectivity index (χ4v) is 6.56. The molecule has 3 heterocycles. The lowest BCUT2D eigenvalue weighted by Crippen LogP contribution is -2.27. The third-order valence-corrected chi connectivity index (χ3v) is 8.61. The van der Waals surface area contributed by atoms with E-state index in [0.29, 0.717) is 54.7 Å². The summed E-state index contributed by atoms with van der Waals surface area (Å²) in [6.45, 7) is 6.34. The highest BCUT2D eigenvalue weighted by Gasteiger charge is 2.27. The van der Waals surface area contributed by atoms with Gasteiger partial charge in [0, 0.05) is 37.3 Å². The van der Waals surface area contributed by atoms with Crippen molar-refractivity contribution in [2.24, 2.45) is 4.99 Å². The average Bonchev–Trinajstić information content (AvgIpc) is 3.47. The Morgan fingerprint density at radius 1 is 1.09 bits per heavy atom. The SMILES string of the molecule is C=CCn1c(=NC(=O)c2ccc(S(=O)(=O)N3CCCC3)cc2)sc2cc3c(cc21)OCCO3. The fourth-order valence-electron chi connectivity index (χ4n) is 4.00. The first-order valence-corrected chi connectivity index (χ1v) is 13.0. The highest BCUT2D eigenvalue weighted by Crippen LogP contribution is 2.35. The number of sulfonamides is 1. The van der Waals surface area contributed by atoms with Crippen LogP contribution in [0.5, 0.6) is 11.5 Å². The lowest BCUT2D eigenvalue weighted by molar-refractivity contribution is 0.0997. The van der Waals surface area contributed by atoms with E-state index in [1.54, 1.807) is 6.08 Å². The Morgan fingerprint density at radius 3 is 2.42 bits per heavy atom. The second-order valence-electron chi connectivity index (χ2n) is 7.80. The highest BCUT2D eigenvalue weighted by atomic mass is 32.2. The van der Waals surface area contributed by atoms with Gasteiger partial charge in [0.1, 0.15) is 13.2 Å². The first-order chi connectivity index (χ1) is 16.0. The van der Waals surface area contributed by atoms with Crippen molar-refractivity contribution in [3.8, 4) is 11.5 Å². The summed E-state index contributed by atoms with van der Waals surface area (Å²) in [5, 5.41) is 0. The minimum Gasteiger partial charge on any atom is -0.486 e. The van der Waals surface area contributed by atoms with Gasteiger partial charge in [-0.3, -0.25) is 4.79 Å². The zero-order chi connectivity index (χ0) is 23.0. The predicted octanol–water partition coefficient (Wildman–Crippen LogP) is 3.19. The van der Waals surface area contributed by atoms with Gasteiger partial charge in [-0.2, -0.15) is 9.30 Å². The molecule has 0 aliphatic carbocycles. The minimum absolute atomic E-state index is 0.190. The van der Waals surface area contributed by atoms with Crippen molar-refractivity contribution in [1.82, 2.24) is 8.87 Å². The normalized spacial score (nSPS) is 16.9. The summed E-state index contributed by atoms with van der Waals surface area (Å²) < 4.78 is 41.1. The van der Waals surface area contributed by atoms with Crippen LogP contribution in [0.15, 0.2) is 58.9 Å². The number of aromatic nitrogens is 1. The van der Waals surface area contributed by atoms with E-state index in [2.05, 4.69) is 11.6 Å². The predicted molar refractivity (Wildman–Crippen MR) is 125 cm³/mol. The second kappa shape index (κ2) is 8.77. The van der Waals surface area contributed by atoms with Gasteiger partial charge in [-0.25, -0.2) is 8.42 Å². The number of benzene rings is 2. The molecule has 3 aromatic rings. The van der Waals surface area contributed by atoms with Crippen molar-refractivity contribution in [2.75, 3.05) is 26.3 Å². The lowest BCUT2D eigenvalue weighted by atomic mass is 10.2. The van der Waals surface area contributed by atoms with Gasteiger partial charge < -0.3 is 14.0 Å². The number of allylic oxidation sites excluding steroid dienone is 1. The molecule has 10 heteroatoms. The zero-order valence-corrected chi connectivity index (χ0v) is 19.5. The van der Waals surface area contributed by atoms with Crippen molar-refractivity contribution >= 4 is 37.5 Å². The molecule has 8 nitrogen and oxygen atoms in total. The van der Waals surface area contributed by atoms with Crippen LogP contribution in [0.4, 0.5) is 0 Å². The van der Waals surface area contributed by atoms with Crippen molar-refractivity contribution in [1.29, 1.82) is 0 Å². The summed E-state index contributed by atoms with van der Waals surface area (Å²) in [7, 11) is -3.53. The number of amides is 1. The molecule has 172 valence electrons. The molecule has 1 aromatic heterocycles. The summed E-state index contributed by atoms with van der Waals surface area (Å²) in [5.41, 5.74) is 1.20. The van der Waals surface area contributed by atoms with E-state index in [1.165, 1.54) is 39.9 Å². The number of carbonyl (C=O) groups excluding carboxylic acids is 1. The summed E-state index contributed by atoms with van der Waals surface area (Å²) >= 11 is 1.37. The van der Waals surface area contributed by atoms with Crippen molar-refractivity contribution in [2.45, 2.75) is 24.3 Å². The topological polar surface area (TPSA) is 90.2 Å². The highest BCUT2D eigenvalue weighted by molar-refractivity contribution is 7.89. The number of ether oxygens (including phenoxy) is 2. The number of carbonyl (C=O) groups is 1. The molecule has 0 saturated carbocycles. The Hall–Kier alpha value is -2.95. The lowest BCUT2D eigenvalue weighted by Gasteiger charge is -2.18. The molecule has 5 rings (SSSR count). The van der Waals surface area contributed by atoms with Crippen LogP contribution in [0, 0.1) is 0 Å². The first kappa shape index (κ1) is 21.9. The monoisotopic (exact) mass is 485 g/mol. The van der Waals surface area contributed by atoms with Gasteiger partial charge in [-0.1, -0.05) is 17.4 Å². The molecule has 2 aliphatic rings. The maximum Gasteiger partial charge on any atom is 0.279 e. The van der Waals surface area contributed by atoms with Gasteiger partial charge in [0.2, 0.25) is 10.0 Å². The van der Waals surface area contributed by atoms with Gasteiger partial charge in [-0.15, -0.1) is 6.58 Å². The molecule has 2 aromatic carbocycles. The molecular formula is C23H23N3O5S2. The Labute approximate surface area is 195 Å². The molecule has 1 saturated heterocycles. The molecule has 0 unspecified atom stereocenters. The van der Waals surface area contributed by atoms with Crippen LogP contribution in [0.2, 0.25) is 0 Å². The smallest absolute Gasteiger partial charge is 0.279 e. The zero-order valence-electron chi connectivity index (χ0n) is 17.9. The largest absolute Gasteiger partial charge is 0.486 e. The van der Waals surface area contributed by atoms with Crippen LogP contribution in [-0.2, 0) is 16.6 Å². The molecule has 2 aliphatic heterocycles. The van der Waals surface area contributed by atoms with Crippen LogP contribution in [-0.4, -0.2) is 49.5 Å². The number of rotatable bonds is 5. The molecule has 1 fully saturated rings. The molecule has 1 amide bonds. The van der Waals surface area contributed by atoms with E-state index in [4.69, 9.17) is 9.47 Å². The van der Waals surface area contributed by atoms with Crippen molar-refractivity contribution in [3.63, 3.8) is 0 Å². The number of hydrogen-bond donors (Lipinski definition) is 0. The van der Waals surface area contributed by atoms with Gasteiger partial charge in [0.05, 0.1) is 15.1 Å². The molecule has 0 spiro atoms. The van der Waals surface area contributed by atoms with Gasteiger partial charge in [0.15, 0.2) is 16.3 Å². The van der Waals surface area contributed by atoms with Gasteiger partial charge in [-0.05, 0) is 37.1 Å². The van der Waals surface area contributed by atoms with Crippen LogP contribution < -0.4 is 14.3 Å². The quantitative estimate of drug-likeness (QED) is 0.518. The maximum atomic E-state index is 12.9. The van der Waals surface area contributed by atoms with Crippen LogP contribution in [0.3, 0.4) is 0 Å². The van der Waals surface area contributed by atoms with E-state index < -0.39 is 15.9 Å². The second-order valence-corrected chi connectivity index (χ2v) is 10.7. The maximum absolute atomic E-state index is 12.9. The van der Waals surface area contributed by atoms with Crippen molar-refractivity contribution < 1.29 is 22.7 Å². The van der Waals surface area contributed by atoms with Crippen LogP contribution in [0.1, 0.15) is 23.2 Å². The van der Waals surface area contributed by atoms with E-state index in [-0.39, 0.29) is 4.90 Å². The van der Waals surface area contributed by atoms with Crippen molar-refractivity contribution in [3.05, 3.63) is 59.4 Å². The Balaban J connectivity index is 1.49. The summed E-state index contributed by atoms with van der Waals surface area (Å²) in [6, 6.07) is 9.77. The van der Waals surface area contributed by atoms with Crippen LogP contribution in [0.25, 0.3) is 10.2 Å². The summed E-state index contributed by atoms with van der Waals surface area (Å²) in [4.78, 5) is 18.0. The van der Waals surface area contributed by atoms with Crippen LogP contribution >= 0.6 is 11.3 Å². The number of fused-ring (bicyclic) bond motifs is 2.